The van der Waals surface area contributed by atoms with Gasteiger partial charge in [-0.25, -0.2) is 0 Å². The number of methoxy groups -OCH3 is 1. The van der Waals surface area contributed by atoms with Gasteiger partial charge < -0.3 is 15.0 Å². The van der Waals surface area contributed by atoms with Gasteiger partial charge in [0.15, 0.2) is 0 Å². The number of carbonyl (C=O) groups excluding carboxylic acids is 1. The van der Waals surface area contributed by atoms with Crippen LogP contribution in [-0.2, 0) is 12.1 Å². The minimum atomic E-state index is -0.462. The molecule has 1 N–H and O–H groups in total. The lowest BCUT2D eigenvalue weighted by Crippen LogP contribution is -2.48. The standard InChI is InChI=1S/C17H20N4O2/c1-17(18-2,15-9-19-6-7-20-15)11-21-10-12-4-5-13(23-3)8-14(12)16(21)22/h4-9,18H,10-11H2,1-3H3/t17-/m1/s1. The Kier molecular flexibility index (Phi) is 4.00. The van der Waals surface area contributed by atoms with Gasteiger partial charge >= 0.3 is 0 Å². The zero-order valence-corrected chi connectivity index (χ0v) is 13.5. The molecule has 1 atom stereocenters. The predicted octanol–water partition coefficient (Wildman–Crippen LogP) is 1.58. The van der Waals surface area contributed by atoms with Gasteiger partial charge in [-0.15, -0.1) is 0 Å². The van der Waals surface area contributed by atoms with Crippen molar-refractivity contribution in [1.29, 1.82) is 0 Å². The monoisotopic (exact) mass is 312 g/mol. The van der Waals surface area contributed by atoms with Crippen molar-refractivity contribution in [1.82, 2.24) is 20.2 Å². The fraction of sp³-hybridized carbons (Fsp3) is 0.353. The van der Waals surface area contributed by atoms with Gasteiger partial charge in [0.05, 0.1) is 24.5 Å². The van der Waals surface area contributed by atoms with Gasteiger partial charge in [0.25, 0.3) is 5.91 Å². The van der Waals surface area contributed by atoms with Crippen LogP contribution in [0.25, 0.3) is 0 Å². The molecule has 1 aromatic heterocycles. The molecule has 0 saturated carbocycles. The summed E-state index contributed by atoms with van der Waals surface area (Å²) in [5.74, 6) is 0.716. The normalized spacial score (nSPS) is 16.1. The maximum Gasteiger partial charge on any atom is 0.254 e. The minimum absolute atomic E-state index is 0.0178. The molecule has 120 valence electrons. The Hall–Kier alpha value is -2.47. The van der Waals surface area contributed by atoms with Crippen LogP contribution in [0, 0.1) is 0 Å². The Bertz CT molecular complexity index is 720. The van der Waals surface area contributed by atoms with Crippen molar-refractivity contribution < 1.29 is 9.53 Å². The maximum atomic E-state index is 12.7. The van der Waals surface area contributed by atoms with Crippen molar-refractivity contribution in [3.8, 4) is 5.75 Å². The van der Waals surface area contributed by atoms with E-state index < -0.39 is 5.54 Å². The predicted molar refractivity (Wildman–Crippen MR) is 86.2 cm³/mol. The Morgan fingerprint density at radius 1 is 1.39 bits per heavy atom. The van der Waals surface area contributed by atoms with E-state index in [-0.39, 0.29) is 5.91 Å². The van der Waals surface area contributed by atoms with Crippen LogP contribution in [0.5, 0.6) is 5.75 Å². The van der Waals surface area contributed by atoms with Gasteiger partial charge in [-0.2, -0.15) is 0 Å². The summed E-state index contributed by atoms with van der Waals surface area (Å²) in [5, 5.41) is 3.27. The number of ether oxygens (including phenoxy) is 1. The van der Waals surface area contributed by atoms with Crippen LogP contribution in [0.1, 0.15) is 28.5 Å². The van der Waals surface area contributed by atoms with E-state index in [2.05, 4.69) is 15.3 Å². The number of aromatic nitrogens is 2. The highest BCUT2D eigenvalue weighted by Crippen LogP contribution is 2.29. The van der Waals surface area contributed by atoms with E-state index in [1.165, 1.54) is 0 Å². The summed E-state index contributed by atoms with van der Waals surface area (Å²) >= 11 is 0. The van der Waals surface area contributed by atoms with Crippen LogP contribution in [0.3, 0.4) is 0 Å². The molecular weight excluding hydrogens is 292 g/mol. The minimum Gasteiger partial charge on any atom is -0.497 e. The van der Waals surface area contributed by atoms with E-state index in [9.17, 15) is 4.79 Å². The summed E-state index contributed by atoms with van der Waals surface area (Å²) in [7, 11) is 3.47. The second-order valence-corrected chi connectivity index (χ2v) is 5.86. The van der Waals surface area contributed by atoms with Gasteiger partial charge in [0, 0.05) is 31.0 Å². The highest BCUT2D eigenvalue weighted by Gasteiger charge is 2.35. The van der Waals surface area contributed by atoms with Crippen molar-refractivity contribution >= 4 is 5.91 Å². The smallest absolute Gasteiger partial charge is 0.254 e. The number of hydrogen-bond acceptors (Lipinski definition) is 5. The summed E-state index contributed by atoms with van der Waals surface area (Å²) < 4.78 is 5.21. The number of fused-ring (bicyclic) bond motifs is 1. The lowest BCUT2D eigenvalue weighted by molar-refractivity contribution is 0.0726. The fourth-order valence-electron chi connectivity index (χ4n) is 2.85. The molecule has 23 heavy (non-hydrogen) atoms. The number of benzene rings is 1. The van der Waals surface area contributed by atoms with Gasteiger partial charge in [-0.1, -0.05) is 6.07 Å². The molecule has 6 heteroatoms. The Balaban J connectivity index is 1.85. The molecule has 2 heterocycles. The SMILES string of the molecule is CN[C@](C)(CN1Cc2ccc(OC)cc2C1=O)c1cnccn1. The second kappa shape index (κ2) is 5.96. The molecular formula is C17H20N4O2. The average molecular weight is 312 g/mol. The highest BCUT2D eigenvalue weighted by atomic mass is 16.5. The lowest BCUT2D eigenvalue weighted by atomic mass is 9.97. The number of nitrogens with one attached hydrogen (secondary N) is 1. The van der Waals surface area contributed by atoms with Crippen LogP contribution in [0.2, 0.25) is 0 Å². The molecule has 0 bridgehead atoms. The van der Waals surface area contributed by atoms with Crippen molar-refractivity contribution in [3.63, 3.8) is 0 Å². The molecule has 1 aliphatic heterocycles. The molecule has 1 aromatic carbocycles. The lowest BCUT2D eigenvalue weighted by Gasteiger charge is -2.32. The fourth-order valence-corrected chi connectivity index (χ4v) is 2.85. The van der Waals surface area contributed by atoms with Crippen LogP contribution in [-0.4, -0.2) is 41.5 Å². The van der Waals surface area contributed by atoms with Gasteiger partial charge in [0.2, 0.25) is 0 Å². The third kappa shape index (κ3) is 2.77. The molecule has 0 aliphatic carbocycles. The van der Waals surface area contributed by atoms with E-state index in [0.29, 0.717) is 24.4 Å². The van der Waals surface area contributed by atoms with Crippen LogP contribution >= 0.6 is 0 Å². The quantitative estimate of drug-likeness (QED) is 0.908. The molecule has 0 saturated heterocycles. The molecule has 0 spiro atoms. The first-order valence-electron chi connectivity index (χ1n) is 7.49. The molecule has 2 aromatic rings. The van der Waals surface area contributed by atoms with Gasteiger partial charge in [0.1, 0.15) is 5.75 Å². The number of carbonyl (C=O) groups is 1. The molecule has 0 fully saturated rings. The van der Waals surface area contributed by atoms with E-state index in [4.69, 9.17) is 4.74 Å². The van der Waals surface area contributed by atoms with Crippen LogP contribution in [0.15, 0.2) is 36.8 Å². The summed E-state index contributed by atoms with van der Waals surface area (Å²) in [6, 6.07) is 5.64. The van der Waals surface area contributed by atoms with Gasteiger partial charge in [-0.3, -0.25) is 14.8 Å². The summed E-state index contributed by atoms with van der Waals surface area (Å²) in [6.07, 6.45) is 5.03. The maximum absolute atomic E-state index is 12.7. The van der Waals surface area contributed by atoms with Crippen molar-refractivity contribution in [2.75, 3.05) is 20.7 Å². The zero-order chi connectivity index (χ0) is 16.4. The highest BCUT2D eigenvalue weighted by molar-refractivity contribution is 5.98. The van der Waals surface area contributed by atoms with Crippen molar-refractivity contribution in [2.24, 2.45) is 0 Å². The van der Waals surface area contributed by atoms with E-state index in [1.54, 1.807) is 31.8 Å². The second-order valence-electron chi connectivity index (χ2n) is 5.86. The van der Waals surface area contributed by atoms with Crippen LogP contribution in [0.4, 0.5) is 0 Å². The number of hydrogen-bond donors (Lipinski definition) is 1. The summed E-state index contributed by atoms with van der Waals surface area (Å²) in [6.45, 7) is 3.13. The first kappa shape index (κ1) is 15.4. The van der Waals surface area contributed by atoms with E-state index >= 15 is 0 Å². The molecule has 3 rings (SSSR count). The third-order valence-electron chi connectivity index (χ3n) is 4.38. The number of amides is 1. The Morgan fingerprint density at radius 2 is 2.22 bits per heavy atom. The summed E-state index contributed by atoms with van der Waals surface area (Å²) in [4.78, 5) is 23.0. The first-order valence-corrected chi connectivity index (χ1v) is 7.49. The van der Waals surface area contributed by atoms with Gasteiger partial charge in [-0.05, 0) is 31.7 Å². The number of rotatable bonds is 5. The Morgan fingerprint density at radius 3 is 2.87 bits per heavy atom. The summed E-state index contributed by atoms with van der Waals surface area (Å²) in [5.41, 5.74) is 2.08. The molecule has 0 unspecified atom stereocenters. The van der Waals surface area contributed by atoms with E-state index in [0.717, 1.165) is 11.3 Å². The van der Waals surface area contributed by atoms with Crippen molar-refractivity contribution in [3.05, 3.63) is 53.6 Å². The van der Waals surface area contributed by atoms with Crippen molar-refractivity contribution in [2.45, 2.75) is 19.0 Å². The average Bonchev–Trinajstić information content (AvgIpc) is 2.90. The molecule has 0 radical (unpaired) electrons. The third-order valence-corrected chi connectivity index (χ3v) is 4.38. The number of nitrogens with zero attached hydrogens (tertiary/aromatic N) is 3. The van der Waals surface area contributed by atoms with E-state index in [1.807, 2.05) is 31.0 Å². The molecule has 1 aliphatic rings. The van der Waals surface area contributed by atoms with Crippen LogP contribution < -0.4 is 10.1 Å². The topological polar surface area (TPSA) is 67.3 Å². The first-order chi connectivity index (χ1) is 11.1. The number of likely N-dealkylation sites (N-methyl/N-ethyl adjacent to an activating group) is 1. The Labute approximate surface area is 135 Å². The molecule has 1 amide bonds. The largest absolute Gasteiger partial charge is 0.497 e. The zero-order valence-electron chi connectivity index (χ0n) is 13.5. The molecule has 6 nitrogen and oxygen atoms in total.